The molecule has 2 aromatic rings. The molecule has 1 amide bonds. The summed E-state index contributed by atoms with van der Waals surface area (Å²) in [7, 11) is 0. The number of nitrogens with zero attached hydrogens (tertiary/aromatic N) is 1. The molecule has 0 bridgehead atoms. The van der Waals surface area contributed by atoms with E-state index in [-0.39, 0.29) is 17.3 Å². The molecule has 0 fully saturated rings. The first-order valence-electron chi connectivity index (χ1n) is 6.79. The zero-order chi connectivity index (χ0) is 16.1. The molecule has 2 N–H and O–H groups in total. The van der Waals surface area contributed by atoms with Gasteiger partial charge in [0.1, 0.15) is 5.75 Å². The molecule has 0 unspecified atom stereocenters. The second-order valence-corrected chi connectivity index (χ2v) is 4.89. The Morgan fingerprint density at radius 2 is 2.00 bits per heavy atom. The smallest absolute Gasteiger partial charge is 0.272 e. The number of aryl methyl sites for hydroxylation is 1. The van der Waals surface area contributed by atoms with Gasteiger partial charge < -0.3 is 10.4 Å². The first-order chi connectivity index (χ1) is 10.5. The van der Waals surface area contributed by atoms with Gasteiger partial charge in [-0.1, -0.05) is 18.2 Å². The summed E-state index contributed by atoms with van der Waals surface area (Å²) >= 11 is 0. The molecule has 0 saturated heterocycles. The fraction of sp³-hybridized carbons (Fsp3) is 0.188. The van der Waals surface area contributed by atoms with Crippen LogP contribution in [0.3, 0.4) is 0 Å². The SMILES string of the molecule is Cc1cc(C(=O)NCCc2ccccc2O)ccc1[N+](=O)[O-]. The predicted octanol–water partition coefficient (Wildman–Crippen LogP) is 2.58. The molecule has 0 atom stereocenters. The van der Waals surface area contributed by atoms with Gasteiger partial charge in [-0.25, -0.2) is 0 Å². The number of carbonyl (C=O) groups is 1. The summed E-state index contributed by atoms with van der Waals surface area (Å²) in [4.78, 5) is 22.3. The van der Waals surface area contributed by atoms with E-state index >= 15 is 0 Å². The number of nitro benzene ring substituents is 1. The van der Waals surface area contributed by atoms with Crippen molar-refractivity contribution in [1.29, 1.82) is 0 Å². The maximum atomic E-state index is 12.0. The summed E-state index contributed by atoms with van der Waals surface area (Å²) < 4.78 is 0. The molecule has 2 rings (SSSR count). The van der Waals surface area contributed by atoms with Crippen LogP contribution in [0.15, 0.2) is 42.5 Å². The highest BCUT2D eigenvalue weighted by atomic mass is 16.6. The largest absolute Gasteiger partial charge is 0.508 e. The molecule has 0 aliphatic heterocycles. The van der Waals surface area contributed by atoms with Crippen LogP contribution in [0, 0.1) is 17.0 Å². The van der Waals surface area contributed by atoms with Crippen LogP contribution in [0.2, 0.25) is 0 Å². The normalized spacial score (nSPS) is 10.2. The van der Waals surface area contributed by atoms with E-state index in [1.54, 1.807) is 25.1 Å². The predicted molar refractivity (Wildman–Crippen MR) is 82.0 cm³/mol. The lowest BCUT2D eigenvalue weighted by Crippen LogP contribution is -2.25. The van der Waals surface area contributed by atoms with E-state index in [9.17, 15) is 20.0 Å². The number of nitrogens with one attached hydrogen (secondary N) is 1. The number of hydrogen-bond donors (Lipinski definition) is 2. The summed E-state index contributed by atoms with van der Waals surface area (Å²) in [5.41, 5.74) is 1.56. The molecule has 0 aliphatic carbocycles. The average Bonchev–Trinajstić information content (AvgIpc) is 2.48. The highest BCUT2D eigenvalue weighted by molar-refractivity contribution is 5.94. The number of phenolic OH excluding ortho intramolecular Hbond substituents is 1. The van der Waals surface area contributed by atoms with Crippen molar-refractivity contribution < 1.29 is 14.8 Å². The summed E-state index contributed by atoms with van der Waals surface area (Å²) in [6.07, 6.45) is 0.504. The van der Waals surface area contributed by atoms with E-state index in [0.717, 1.165) is 5.56 Å². The van der Waals surface area contributed by atoms with E-state index < -0.39 is 4.92 Å². The molecule has 0 aliphatic rings. The Morgan fingerprint density at radius 1 is 1.27 bits per heavy atom. The first-order valence-corrected chi connectivity index (χ1v) is 6.79. The first kappa shape index (κ1) is 15.5. The molecule has 114 valence electrons. The van der Waals surface area contributed by atoms with Crippen molar-refractivity contribution in [1.82, 2.24) is 5.32 Å². The van der Waals surface area contributed by atoms with Gasteiger partial charge in [-0.05, 0) is 37.1 Å². The molecule has 6 heteroatoms. The fourth-order valence-electron chi connectivity index (χ4n) is 2.14. The summed E-state index contributed by atoms with van der Waals surface area (Å²) in [6.45, 7) is 1.96. The third-order valence-electron chi connectivity index (χ3n) is 3.33. The molecule has 0 radical (unpaired) electrons. The number of amides is 1. The molecular weight excluding hydrogens is 284 g/mol. The van der Waals surface area contributed by atoms with Crippen molar-refractivity contribution in [2.45, 2.75) is 13.3 Å². The molecule has 0 aromatic heterocycles. The van der Waals surface area contributed by atoms with Gasteiger partial charge in [-0.2, -0.15) is 0 Å². The topological polar surface area (TPSA) is 92.5 Å². The molecule has 0 spiro atoms. The Labute approximate surface area is 127 Å². The molecule has 0 saturated carbocycles. The van der Waals surface area contributed by atoms with Gasteiger partial charge in [0.2, 0.25) is 0 Å². The van der Waals surface area contributed by atoms with Crippen molar-refractivity contribution in [3.05, 3.63) is 69.3 Å². The molecule has 2 aromatic carbocycles. The van der Waals surface area contributed by atoms with Crippen molar-refractivity contribution in [2.75, 3.05) is 6.54 Å². The fourth-order valence-corrected chi connectivity index (χ4v) is 2.14. The summed E-state index contributed by atoms with van der Waals surface area (Å²) in [5, 5.41) is 23.1. The van der Waals surface area contributed by atoms with E-state index in [2.05, 4.69) is 5.32 Å². The highest BCUT2D eigenvalue weighted by Gasteiger charge is 2.13. The van der Waals surface area contributed by atoms with E-state index in [0.29, 0.717) is 24.1 Å². The Balaban J connectivity index is 1.97. The van der Waals surface area contributed by atoms with Crippen LogP contribution < -0.4 is 5.32 Å². The number of phenols is 1. The van der Waals surface area contributed by atoms with Crippen LogP contribution in [-0.2, 0) is 6.42 Å². The number of benzene rings is 2. The maximum Gasteiger partial charge on any atom is 0.272 e. The van der Waals surface area contributed by atoms with Crippen LogP contribution in [0.4, 0.5) is 5.69 Å². The minimum absolute atomic E-state index is 0.00856. The molecule has 22 heavy (non-hydrogen) atoms. The van der Waals surface area contributed by atoms with Gasteiger partial charge in [-0.3, -0.25) is 14.9 Å². The Hall–Kier alpha value is -2.89. The van der Waals surface area contributed by atoms with Crippen LogP contribution in [0.25, 0.3) is 0 Å². The lowest BCUT2D eigenvalue weighted by Gasteiger charge is -2.07. The van der Waals surface area contributed by atoms with Crippen LogP contribution >= 0.6 is 0 Å². The monoisotopic (exact) mass is 300 g/mol. The van der Waals surface area contributed by atoms with Crippen molar-refractivity contribution in [2.24, 2.45) is 0 Å². The third-order valence-corrected chi connectivity index (χ3v) is 3.33. The highest BCUT2D eigenvalue weighted by Crippen LogP contribution is 2.19. The minimum atomic E-state index is -0.477. The summed E-state index contributed by atoms with van der Waals surface area (Å²) in [6, 6.07) is 11.2. The van der Waals surface area contributed by atoms with Crippen molar-refractivity contribution in [3.63, 3.8) is 0 Å². The number of carbonyl (C=O) groups excluding carboxylic acids is 1. The minimum Gasteiger partial charge on any atom is -0.508 e. The number of aromatic hydroxyl groups is 1. The second-order valence-electron chi connectivity index (χ2n) is 4.89. The van der Waals surface area contributed by atoms with Crippen LogP contribution in [-0.4, -0.2) is 22.5 Å². The van der Waals surface area contributed by atoms with E-state index in [1.165, 1.54) is 18.2 Å². The summed E-state index contributed by atoms with van der Waals surface area (Å²) in [5.74, 6) is -0.101. The lowest BCUT2D eigenvalue weighted by atomic mass is 10.1. The van der Waals surface area contributed by atoms with Crippen molar-refractivity contribution >= 4 is 11.6 Å². The molecule has 0 heterocycles. The van der Waals surface area contributed by atoms with Gasteiger partial charge in [0, 0.05) is 23.7 Å². The second kappa shape index (κ2) is 6.71. The number of rotatable bonds is 5. The Kier molecular flexibility index (Phi) is 4.73. The lowest BCUT2D eigenvalue weighted by molar-refractivity contribution is -0.385. The van der Waals surface area contributed by atoms with Gasteiger partial charge >= 0.3 is 0 Å². The van der Waals surface area contributed by atoms with Gasteiger partial charge in [0.05, 0.1) is 4.92 Å². The van der Waals surface area contributed by atoms with Gasteiger partial charge in [-0.15, -0.1) is 0 Å². The van der Waals surface area contributed by atoms with Gasteiger partial charge in [0.25, 0.3) is 11.6 Å². The average molecular weight is 300 g/mol. The zero-order valence-electron chi connectivity index (χ0n) is 12.1. The molecule has 6 nitrogen and oxygen atoms in total. The molecular formula is C16H16N2O4. The van der Waals surface area contributed by atoms with Gasteiger partial charge in [0.15, 0.2) is 0 Å². The zero-order valence-corrected chi connectivity index (χ0v) is 12.1. The van der Waals surface area contributed by atoms with Crippen molar-refractivity contribution in [3.8, 4) is 5.75 Å². The quantitative estimate of drug-likeness (QED) is 0.655. The Bertz CT molecular complexity index is 713. The number of hydrogen-bond acceptors (Lipinski definition) is 4. The number of para-hydroxylation sites is 1. The maximum absolute atomic E-state index is 12.0. The van der Waals surface area contributed by atoms with E-state index in [1.807, 2.05) is 6.07 Å². The standard InChI is InChI=1S/C16H16N2O4/c1-11-10-13(6-7-14(11)18(21)22)16(20)17-9-8-12-4-2-3-5-15(12)19/h2-7,10,19H,8-9H2,1H3,(H,17,20). The number of nitro groups is 1. The van der Waals surface area contributed by atoms with Crippen LogP contribution in [0.5, 0.6) is 5.75 Å². The Morgan fingerprint density at radius 3 is 2.64 bits per heavy atom. The van der Waals surface area contributed by atoms with E-state index in [4.69, 9.17) is 0 Å². The van der Waals surface area contributed by atoms with Crippen LogP contribution in [0.1, 0.15) is 21.5 Å². The third kappa shape index (κ3) is 3.60.